The van der Waals surface area contributed by atoms with Gasteiger partial charge in [-0.2, -0.15) is 0 Å². The smallest absolute Gasteiger partial charge is 0.335 e. The van der Waals surface area contributed by atoms with Gasteiger partial charge in [0.05, 0.1) is 24.2 Å². The van der Waals surface area contributed by atoms with Gasteiger partial charge < -0.3 is 19.6 Å². The highest BCUT2D eigenvalue weighted by Crippen LogP contribution is 2.36. The van der Waals surface area contributed by atoms with Gasteiger partial charge in [0.15, 0.2) is 11.6 Å². The number of likely N-dealkylation sites (tertiary alicyclic amines) is 1. The summed E-state index contributed by atoms with van der Waals surface area (Å²) in [6.45, 7) is 0.535. The van der Waals surface area contributed by atoms with Crippen LogP contribution >= 0.6 is 0 Å². The quantitative estimate of drug-likeness (QED) is 0.848. The minimum atomic E-state index is -2.87. The van der Waals surface area contributed by atoms with Crippen molar-refractivity contribution in [1.82, 2.24) is 9.88 Å². The Hall–Kier alpha value is -3.23. The maximum atomic E-state index is 13.6. The highest BCUT2D eigenvalue weighted by Gasteiger charge is 2.37. The Labute approximate surface area is 165 Å². The van der Waals surface area contributed by atoms with Gasteiger partial charge in [0.25, 0.3) is 11.8 Å². The molecule has 9 heteroatoms. The number of amides is 1. The molecule has 1 aromatic carbocycles. The van der Waals surface area contributed by atoms with Gasteiger partial charge in [-0.05, 0) is 36.8 Å². The lowest BCUT2D eigenvalue weighted by Crippen LogP contribution is -2.45. The Bertz CT molecular complexity index is 949. The Balaban J connectivity index is 1.58. The molecule has 0 radical (unpaired) electrons. The minimum Gasteiger partial charge on any atom is -0.488 e. The molecule has 29 heavy (non-hydrogen) atoms. The number of piperidine rings is 1. The predicted octanol–water partition coefficient (Wildman–Crippen LogP) is 3.18. The van der Waals surface area contributed by atoms with E-state index in [9.17, 15) is 18.4 Å². The number of carboxylic acids is 1. The first kappa shape index (κ1) is 19.1. The van der Waals surface area contributed by atoms with Crippen LogP contribution in [0.5, 0.6) is 5.75 Å². The summed E-state index contributed by atoms with van der Waals surface area (Å²) < 4.78 is 32.9. The van der Waals surface area contributed by atoms with Crippen LogP contribution < -0.4 is 9.64 Å². The number of carbonyl (C=O) groups is 2. The van der Waals surface area contributed by atoms with Crippen molar-refractivity contribution in [2.45, 2.75) is 18.8 Å². The number of fused-ring (bicyclic) bond motifs is 1. The van der Waals surface area contributed by atoms with E-state index in [1.165, 1.54) is 24.4 Å². The van der Waals surface area contributed by atoms with E-state index in [1.54, 1.807) is 12.1 Å². The summed E-state index contributed by atoms with van der Waals surface area (Å²) in [5.74, 6) is -3.51. The number of ether oxygens (including phenoxy) is 1. The fraction of sp³-hybridized carbons (Fsp3) is 0.350. The Morgan fingerprint density at radius 2 is 1.90 bits per heavy atom. The Morgan fingerprint density at radius 3 is 2.59 bits per heavy atom. The maximum absolute atomic E-state index is 13.6. The number of nitrogens with zero attached hydrogens (tertiary/aromatic N) is 3. The number of benzene rings is 1. The number of pyridine rings is 1. The third kappa shape index (κ3) is 3.85. The molecule has 0 spiro atoms. The average Bonchev–Trinajstić information content (AvgIpc) is 2.71. The molecule has 1 saturated heterocycles. The van der Waals surface area contributed by atoms with Crippen molar-refractivity contribution < 1.29 is 28.2 Å². The summed E-state index contributed by atoms with van der Waals surface area (Å²) in [5, 5.41) is 9.04. The standard InChI is InChI=1S/C20H19F2N3O4/c21-20(22)6-1-7-24(12-20)18(26)14-10-16-17(23-11-14)25(8-9-29-16)15-4-2-13(3-5-15)19(27)28/h2-5,10-11H,1,6-9,12H2,(H,27,28). The van der Waals surface area contributed by atoms with Crippen LogP contribution in [0.4, 0.5) is 20.3 Å². The van der Waals surface area contributed by atoms with E-state index >= 15 is 0 Å². The molecule has 2 aliphatic heterocycles. The topological polar surface area (TPSA) is 83.0 Å². The molecule has 2 aromatic rings. The molecule has 4 rings (SSSR count). The van der Waals surface area contributed by atoms with Crippen molar-refractivity contribution >= 4 is 23.4 Å². The van der Waals surface area contributed by atoms with E-state index in [1.807, 2.05) is 4.90 Å². The maximum Gasteiger partial charge on any atom is 0.335 e. The Morgan fingerprint density at radius 1 is 1.14 bits per heavy atom. The van der Waals surface area contributed by atoms with Gasteiger partial charge in [0.1, 0.15) is 6.61 Å². The number of anilines is 2. The first-order valence-corrected chi connectivity index (χ1v) is 9.25. The number of alkyl halides is 2. The predicted molar refractivity (Wildman–Crippen MR) is 100 cm³/mol. The summed E-state index contributed by atoms with van der Waals surface area (Å²) in [6, 6.07) is 7.88. The van der Waals surface area contributed by atoms with Crippen molar-refractivity contribution in [1.29, 1.82) is 0 Å². The first-order valence-electron chi connectivity index (χ1n) is 9.25. The molecule has 7 nitrogen and oxygen atoms in total. The molecule has 0 aliphatic carbocycles. The normalized spacial score (nSPS) is 18.0. The van der Waals surface area contributed by atoms with Gasteiger partial charge in [-0.15, -0.1) is 0 Å². The molecular formula is C20H19F2N3O4. The highest BCUT2D eigenvalue weighted by atomic mass is 19.3. The van der Waals surface area contributed by atoms with Gasteiger partial charge in [-0.3, -0.25) is 4.79 Å². The van der Waals surface area contributed by atoms with Crippen molar-refractivity contribution in [3.8, 4) is 5.75 Å². The zero-order valence-corrected chi connectivity index (χ0v) is 15.5. The second kappa shape index (κ2) is 7.31. The van der Waals surface area contributed by atoms with Crippen LogP contribution in [-0.4, -0.2) is 59.0 Å². The van der Waals surface area contributed by atoms with Crippen molar-refractivity contribution in [3.63, 3.8) is 0 Å². The van der Waals surface area contributed by atoms with Gasteiger partial charge in [-0.1, -0.05) is 0 Å². The fourth-order valence-electron chi connectivity index (χ4n) is 3.57. The fourth-order valence-corrected chi connectivity index (χ4v) is 3.57. The van der Waals surface area contributed by atoms with E-state index in [0.29, 0.717) is 24.7 Å². The van der Waals surface area contributed by atoms with Gasteiger partial charge in [0, 0.05) is 24.8 Å². The third-order valence-electron chi connectivity index (χ3n) is 5.01. The van der Waals surface area contributed by atoms with Crippen molar-refractivity contribution in [2.75, 3.05) is 31.1 Å². The third-order valence-corrected chi connectivity index (χ3v) is 5.01. The van der Waals surface area contributed by atoms with Gasteiger partial charge >= 0.3 is 5.97 Å². The molecular weight excluding hydrogens is 384 g/mol. The number of carbonyl (C=O) groups excluding carboxylic acids is 1. The molecule has 3 heterocycles. The van der Waals surface area contributed by atoms with E-state index < -0.39 is 24.3 Å². The first-order chi connectivity index (χ1) is 13.8. The number of aromatic carboxylic acids is 1. The number of rotatable bonds is 3. The van der Waals surface area contributed by atoms with Crippen molar-refractivity contribution in [2.24, 2.45) is 0 Å². The summed E-state index contributed by atoms with van der Waals surface area (Å²) >= 11 is 0. The Kier molecular flexibility index (Phi) is 4.81. The van der Waals surface area contributed by atoms with Crippen LogP contribution in [0.3, 0.4) is 0 Å². The van der Waals surface area contributed by atoms with E-state index in [4.69, 9.17) is 9.84 Å². The molecule has 0 bridgehead atoms. The summed E-state index contributed by atoms with van der Waals surface area (Å²) in [6.07, 6.45) is 1.41. The van der Waals surface area contributed by atoms with Crippen LogP contribution in [0.15, 0.2) is 36.5 Å². The van der Waals surface area contributed by atoms with Crippen LogP contribution in [0.2, 0.25) is 0 Å². The molecule has 0 atom stereocenters. The zero-order chi connectivity index (χ0) is 20.6. The minimum absolute atomic E-state index is 0.175. The summed E-state index contributed by atoms with van der Waals surface area (Å²) in [5.41, 5.74) is 1.11. The van der Waals surface area contributed by atoms with Crippen LogP contribution in [0.25, 0.3) is 0 Å². The molecule has 2 aliphatic rings. The molecule has 0 unspecified atom stereocenters. The molecule has 152 valence electrons. The van der Waals surface area contributed by atoms with E-state index in [2.05, 4.69) is 4.98 Å². The molecule has 1 fully saturated rings. The van der Waals surface area contributed by atoms with Crippen LogP contribution in [0, 0.1) is 0 Å². The monoisotopic (exact) mass is 403 g/mol. The van der Waals surface area contributed by atoms with Gasteiger partial charge in [0.2, 0.25) is 0 Å². The molecule has 1 aromatic heterocycles. The van der Waals surface area contributed by atoms with Crippen LogP contribution in [0.1, 0.15) is 33.6 Å². The average molecular weight is 403 g/mol. The van der Waals surface area contributed by atoms with E-state index in [-0.39, 0.29) is 30.5 Å². The number of carboxylic acid groups (broad SMARTS) is 1. The summed E-state index contributed by atoms with van der Waals surface area (Å²) in [7, 11) is 0. The highest BCUT2D eigenvalue weighted by molar-refractivity contribution is 5.95. The molecule has 0 saturated carbocycles. The second-order valence-corrected chi connectivity index (χ2v) is 7.08. The van der Waals surface area contributed by atoms with E-state index in [0.717, 1.165) is 10.6 Å². The van der Waals surface area contributed by atoms with Gasteiger partial charge in [-0.25, -0.2) is 18.6 Å². The zero-order valence-electron chi connectivity index (χ0n) is 15.5. The second-order valence-electron chi connectivity index (χ2n) is 7.08. The molecule has 1 N–H and O–H groups in total. The number of hydrogen-bond donors (Lipinski definition) is 1. The lowest BCUT2D eigenvalue weighted by Gasteiger charge is -2.33. The lowest BCUT2D eigenvalue weighted by molar-refractivity contribution is -0.0560. The van der Waals surface area contributed by atoms with Crippen molar-refractivity contribution in [3.05, 3.63) is 47.7 Å². The molecule has 1 amide bonds. The summed E-state index contributed by atoms with van der Waals surface area (Å²) in [4.78, 5) is 31.0. The lowest BCUT2D eigenvalue weighted by atomic mass is 10.1. The number of aromatic nitrogens is 1. The number of hydrogen-bond acceptors (Lipinski definition) is 5. The largest absolute Gasteiger partial charge is 0.488 e. The van der Waals surface area contributed by atoms with Crippen LogP contribution in [-0.2, 0) is 0 Å². The SMILES string of the molecule is O=C(O)c1ccc(N2CCOc3cc(C(=O)N4CCCC(F)(F)C4)cnc32)cc1. The number of halogens is 2.